The summed E-state index contributed by atoms with van der Waals surface area (Å²) in [5, 5.41) is 4.41. The zero-order valence-corrected chi connectivity index (χ0v) is 34.0. The van der Waals surface area contributed by atoms with E-state index in [0.717, 1.165) is 58.0 Å². The van der Waals surface area contributed by atoms with Gasteiger partial charge in [-0.1, -0.05) is 19.6 Å². The van der Waals surface area contributed by atoms with Gasteiger partial charge in [0.05, 0.1) is 28.3 Å². The first kappa shape index (κ1) is 41.3. The standard InChI is InChI=1S/C22H31N3OS.C20H29N3S.CH4/c1-6-23(7-2)17-10-12-19-21(14-17)27-22-15-18(24(8-3)9-4)11-13-20(22)25(19)16(5)26;1-5-22(6-2)15-9-11-17-19(13-15)24-20-14-16(23(7-3)8-4)10-12-18(20)21-17;/h10-15,19,21H,6-9H2,1-5H3;9-14,17,19,21H,5-8H2,1-4H3;1H4. The summed E-state index contributed by atoms with van der Waals surface area (Å²) in [7, 11) is 0. The highest BCUT2D eigenvalue weighted by molar-refractivity contribution is 8.00. The van der Waals surface area contributed by atoms with Crippen LogP contribution in [0.4, 0.5) is 22.7 Å². The minimum Gasteiger partial charge on any atom is -0.376 e. The van der Waals surface area contributed by atoms with Crippen molar-refractivity contribution in [2.75, 3.05) is 72.4 Å². The molecular formula is C43H64N6OS2. The number of nitrogens with one attached hydrogen (secondary N) is 1. The van der Waals surface area contributed by atoms with Crippen molar-refractivity contribution in [3.05, 3.63) is 84.2 Å². The average Bonchev–Trinajstić information content (AvgIpc) is 3.15. The molecule has 2 aromatic rings. The first-order valence-corrected chi connectivity index (χ1v) is 21.0. The quantitative estimate of drug-likeness (QED) is 0.231. The summed E-state index contributed by atoms with van der Waals surface area (Å²) in [4.78, 5) is 26.6. The van der Waals surface area contributed by atoms with Gasteiger partial charge in [-0.05, 0) is 116 Å². The smallest absolute Gasteiger partial charge is 0.224 e. The fraction of sp³-hybridized carbons (Fsp3) is 0.512. The van der Waals surface area contributed by atoms with Crippen LogP contribution in [0.15, 0.2) is 94.0 Å². The van der Waals surface area contributed by atoms with Crippen molar-refractivity contribution >= 4 is 52.2 Å². The third-order valence-electron chi connectivity index (χ3n) is 10.5. The van der Waals surface area contributed by atoms with E-state index in [1.54, 1.807) is 6.92 Å². The molecule has 4 atom stereocenters. The topological polar surface area (TPSA) is 45.3 Å². The molecule has 0 saturated heterocycles. The summed E-state index contributed by atoms with van der Waals surface area (Å²) in [5.41, 5.74) is 7.48. The number of likely N-dealkylation sites (N-methyl/N-ethyl adjacent to an activating group) is 2. The monoisotopic (exact) mass is 744 g/mol. The van der Waals surface area contributed by atoms with Crippen LogP contribution in [0.3, 0.4) is 0 Å². The van der Waals surface area contributed by atoms with Crippen molar-refractivity contribution in [2.24, 2.45) is 0 Å². The Labute approximate surface area is 324 Å². The third-order valence-corrected chi connectivity index (χ3v) is 13.0. The van der Waals surface area contributed by atoms with Crippen molar-refractivity contribution in [2.45, 2.75) is 102 Å². The van der Waals surface area contributed by atoms with Gasteiger partial charge in [-0.2, -0.15) is 0 Å². The number of benzene rings is 2. The molecule has 2 heterocycles. The molecule has 1 amide bonds. The van der Waals surface area contributed by atoms with Crippen LogP contribution in [0.25, 0.3) is 0 Å². The maximum absolute atomic E-state index is 12.5. The highest BCUT2D eigenvalue weighted by atomic mass is 32.2. The fourth-order valence-electron chi connectivity index (χ4n) is 7.55. The number of thioether (sulfide) groups is 2. The number of allylic oxidation sites excluding steroid dienone is 2. The van der Waals surface area contributed by atoms with Gasteiger partial charge in [-0.25, -0.2) is 0 Å². The Morgan fingerprint density at radius 2 is 1.13 bits per heavy atom. The van der Waals surface area contributed by atoms with Crippen LogP contribution in [0.1, 0.15) is 69.7 Å². The molecule has 2 aliphatic carbocycles. The Balaban J connectivity index is 0.000000230. The van der Waals surface area contributed by atoms with Crippen LogP contribution in [0, 0.1) is 0 Å². The maximum Gasteiger partial charge on any atom is 0.224 e. The lowest BCUT2D eigenvalue weighted by molar-refractivity contribution is -0.116. The molecule has 9 heteroatoms. The maximum atomic E-state index is 12.5. The molecule has 1 N–H and O–H groups in total. The summed E-state index contributed by atoms with van der Waals surface area (Å²) < 4.78 is 0. The second-order valence-corrected chi connectivity index (χ2v) is 15.6. The molecule has 0 bridgehead atoms. The Bertz CT molecular complexity index is 1620. The lowest BCUT2D eigenvalue weighted by Crippen LogP contribution is -2.47. The molecule has 2 aliphatic heterocycles. The molecule has 0 fully saturated rings. The van der Waals surface area contributed by atoms with Gasteiger partial charge in [-0.3, -0.25) is 4.79 Å². The van der Waals surface area contributed by atoms with E-state index in [0.29, 0.717) is 11.3 Å². The number of carbonyl (C=O) groups excluding carboxylic acids is 1. The van der Waals surface area contributed by atoms with E-state index in [-0.39, 0.29) is 24.6 Å². The summed E-state index contributed by atoms with van der Waals surface area (Å²) >= 11 is 3.87. The van der Waals surface area contributed by atoms with E-state index in [1.165, 1.54) is 38.2 Å². The van der Waals surface area contributed by atoms with Crippen LogP contribution in [0.2, 0.25) is 0 Å². The summed E-state index contributed by atoms with van der Waals surface area (Å²) in [5.74, 6) is 0.103. The van der Waals surface area contributed by atoms with Crippen molar-refractivity contribution in [3.8, 4) is 0 Å². The molecule has 0 radical (unpaired) electrons. The highest BCUT2D eigenvalue weighted by Crippen LogP contribution is 2.46. The minimum absolute atomic E-state index is 0. The number of carbonyl (C=O) groups is 1. The lowest BCUT2D eigenvalue weighted by atomic mass is 10.0. The number of anilines is 4. The number of fused-ring (bicyclic) bond motifs is 4. The van der Waals surface area contributed by atoms with E-state index >= 15 is 0 Å². The van der Waals surface area contributed by atoms with Gasteiger partial charge in [0.2, 0.25) is 5.91 Å². The van der Waals surface area contributed by atoms with Crippen molar-refractivity contribution in [1.29, 1.82) is 0 Å². The molecule has 6 rings (SSSR count). The Hall–Kier alpha value is -3.43. The Kier molecular flexibility index (Phi) is 15.1. The number of hydrogen-bond donors (Lipinski definition) is 1. The molecule has 4 aliphatic rings. The lowest BCUT2D eigenvalue weighted by Gasteiger charge is -2.42. The first-order chi connectivity index (χ1) is 24.7. The van der Waals surface area contributed by atoms with Gasteiger partial charge in [0, 0.05) is 97.5 Å². The van der Waals surface area contributed by atoms with Gasteiger partial charge in [0.15, 0.2) is 0 Å². The summed E-state index contributed by atoms with van der Waals surface area (Å²) in [6.45, 7) is 27.5. The molecule has 0 saturated carbocycles. The van der Waals surface area contributed by atoms with Crippen LogP contribution in [-0.4, -0.2) is 90.6 Å². The highest BCUT2D eigenvalue weighted by Gasteiger charge is 2.37. The number of rotatable bonds is 12. The third kappa shape index (κ3) is 8.84. The number of amides is 1. The second kappa shape index (κ2) is 19.1. The van der Waals surface area contributed by atoms with Crippen LogP contribution < -0.4 is 20.0 Å². The van der Waals surface area contributed by atoms with Crippen LogP contribution >= 0.6 is 23.5 Å². The molecule has 0 spiro atoms. The molecule has 7 nitrogen and oxygen atoms in total. The summed E-state index contributed by atoms with van der Waals surface area (Å²) in [6.07, 6.45) is 13.8. The van der Waals surface area contributed by atoms with Crippen molar-refractivity contribution < 1.29 is 4.79 Å². The molecule has 284 valence electrons. The normalized spacial score (nSPS) is 20.6. The Morgan fingerprint density at radius 1 is 0.654 bits per heavy atom. The predicted octanol–water partition coefficient (Wildman–Crippen LogP) is 9.74. The van der Waals surface area contributed by atoms with Gasteiger partial charge in [-0.15, -0.1) is 23.5 Å². The van der Waals surface area contributed by atoms with Gasteiger partial charge >= 0.3 is 0 Å². The fourth-order valence-corrected chi connectivity index (χ4v) is 10.1. The molecule has 52 heavy (non-hydrogen) atoms. The SMILES string of the molecule is C.CCN(CC)C1=CC2Sc3cc(N(CC)CC)ccc3N(C(C)=O)C2C=C1.CCN(CC)C1=CC2Sc3cc(N(CC)CC)ccc3NC2C=C1. The number of hydrogen-bond acceptors (Lipinski definition) is 8. The molecular weight excluding hydrogens is 681 g/mol. The predicted molar refractivity (Wildman–Crippen MR) is 231 cm³/mol. The van der Waals surface area contributed by atoms with Crippen molar-refractivity contribution in [3.63, 3.8) is 0 Å². The van der Waals surface area contributed by atoms with E-state index in [9.17, 15) is 4.79 Å². The Morgan fingerprint density at radius 3 is 1.67 bits per heavy atom. The molecule has 2 aromatic carbocycles. The van der Waals surface area contributed by atoms with Gasteiger partial charge in [0.1, 0.15) is 0 Å². The number of nitrogens with zero attached hydrogens (tertiary/aromatic N) is 5. The van der Waals surface area contributed by atoms with E-state index in [4.69, 9.17) is 0 Å². The van der Waals surface area contributed by atoms with Gasteiger partial charge in [0.25, 0.3) is 0 Å². The van der Waals surface area contributed by atoms with E-state index < -0.39 is 0 Å². The first-order valence-electron chi connectivity index (χ1n) is 19.2. The second-order valence-electron chi connectivity index (χ2n) is 13.1. The molecule has 4 unspecified atom stereocenters. The zero-order chi connectivity index (χ0) is 36.7. The minimum atomic E-state index is 0. The van der Waals surface area contributed by atoms with Crippen LogP contribution in [0.5, 0.6) is 0 Å². The van der Waals surface area contributed by atoms with Crippen molar-refractivity contribution in [1.82, 2.24) is 9.80 Å². The zero-order valence-electron chi connectivity index (χ0n) is 32.4. The van der Waals surface area contributed by atoms with E-state index in [1.807, 2.05) is 28.4 Å². The van der Waals surface area contributed by atoms with E-state index in [2.05, 4.69) is 153 Å². The molecule has 0 aromatic heterocycles. The van der Waals surface area contributed by atoms with Crippen LogP contribution in [-0.2, 0) is 4.79 Å². The van der Waals surface area contributed by atoms with Gasteiger partial charge < -0.3 is 29.8 Å². The largest absolute Gasteiger partial charge is 0.376 e. The summed E-state index contributed by atoms with van der Waals surface area (Å²) in [6, 6.07) is 13.8. The average molecular weight is 745 g/mol.